The first kappa shape index (κ1) is 22.6. The fourth-order valence-electron chi connectivity index (χ4n) is 5.16. The summed E-state index contributed by atoms with van der Waals surface area (Å²) >= 11 is 0. The minimum atomic E-state index is -1.18. The lowest BCUT2D eigenvalue weighted by Crippen LogP contribution is -2.43. The number of aliphatic hydroxyl groups is 1. The molecular weight excluding hydrogens is 466 g/mol. The number of amides is 1. The third-order valence-corrected chi connectivity index (χ3v) is 7.11. The molecule has 3 heterocycles. The van der Waals surface area contributed by atoms with Gasteiger partial charge in [-0.05, 0) is 30.9 Å². The molecule has 3 N–H and O–H groups in total. The van der Waals surface area contributed by atoms with Gasteiger partial charge in [-0.2, -0.15) is 0 Å². The average Bonchev–Trinajstić information content (AvgIpc) is 3.63. The van der Waals surface area contributed by atoms with Crippen LogP contribution in [0.25, 0.3) is 0 Å². The number of carbonyl (C=O) groups is 1. The topological polar surface area (TPSA) is 134 Å². The molecule has 6 rings (SSSR count). The van der Waals surface area contributed by atoms with Crippen molar-refractivity contribution in [2.75, 3.05) is 6.54 Å². The van der Waals surface area contributed by atoms with Gasteiger partial charge in [-0.1, -0.05) is 36.4 Å². The van der Waals surface area contributed by atoms with Crippen molar-refractivity contribution in [2.45, 2.75) is 49.7 Å². The molecule has 1 amide bonds. The van der Waals surface area contributed by atoms with Crippen molar-refractivity contribution in [1.29, 1.82) is 0 Å². The summed E-state index contributed by atoms with van der Waals surface area (Å²) in [6.45, 7) is -0.131. The molecule has 1 saturated heterocycles. The van der Waals surface area contributed by atoms with Crippen molar-refractivity contribution in [2.24, 2.45) is 0 Å². The van der Waals surface area contributed by atoms with Gasteiger partial charge in [0.05, 0.1) is 18.7 Å². The van der Waals surface area contributed by atoms with Crippen LogP contribution in [-0.2, 0) is 4.74 Å². The molecule has 0 spiro atoms. The van der Waals surface area contributed by atoms with Crippen molar-refractivity contribution in [3.63, 3.8) is 0 Å². The smallest absolute Gasteiger partial charge is 0.408 e. The van der Waals surface area contributed by atoms with Crippen LogP contribution in [-0.4, -0.2) is 49.5 Å². The van der Waals surface area contributed by atoms with Gasteiger partial charge in [0, 0.05) is 29.3 Å². The van der Waals surface area contributed by atoms with Gasteiger partial charge in [-0.15, -0.1) is 0 Å². The third kappa shape index (κ3) is 3.88. The average molecular weight is 492 g/mol. The summed E-state index contributed by atoms with van der Waals surface area (Å²) in [7, 11) is 0. The van der Waals surface area contributed by atoms with Crippen LogP contribution in [0, 0.1) is 0 Å². The lowest BCUT2D eigenvalue weighted by Gasteiger charge is -2.36. The zero-order valence-corrected chi connectivity index (χ0v) is 19.2. The van der Waals surface area contributed by atoms with Gasteiger partial charge >= 0.3 is 11.8 Å². The first-order chi connectivity index (χ1) is 17.4. The largest absolute Gasteiger partial charge is 0.465 e. The van der Waals surface area contributed by atoms with Crippen LogP contribution in [0.1, 0.15) is 54.1 Å². The van der Waals surface area contributed by atoms with Crippen LogP contribution in [0.2, 0.25) is 0 Å². The number of aromatic nitrogens is 2. The highest BCUT2D eigenvalue weighted by Gasteiger charge is 2.42. The molecule has 1 saturated carbocycles. The van der Waals surface area contributed by atoms with E-state index in [1.54, 1.807) is 12.1 Å². The normalized spacial score (nSPS) is 23.0. The van der Waals surface area contributed by atoms with Gasteiger partial charge < -0.3 is 19.7 Å². The van der Waals surface area contributed by atoms with E-state index in [1.807, 2.05) is 36.4 Å². The van der Waals surface area contributed by atoms with Crippen molar-refractivity contribution < 1.29 is 24.5 Å². The number of aliphatic hydroxyl groups excluding tert-OH is 1. The van der Waals surface area contributed by atoms with Crippen LogP contribution in [0.4, 0.5) is 4.79 Å². The zero-order valence-electron chi connectivity index (χ0n) is 19.2. The Morgan fingerprint density at radius 2 is 1.67 bits per heavy atom. The molecule has 0 unspecified atom stereocenters. The number of hydrogen-bond acceptors (Lipinski definition) is 6. The number of ether oxygens (including phenoxy) is 2. The molecule has 3 atom stereocenters. The molecule has 3 aliphatic rings. The Morgan fingerprint density at radius 3 is 2.28 bits per heavy atom. The van der Waals surface area contributed by atoms with Gasteiger partial charge in [-0.3, -0.25) is 19.2 Å². The highest BCUT2D eigenvalue weighted by molar-refractivity contribution is 5.68. The standard InChI is InChI=1S/C26H25N3O7/c30-18-11-22(28-12-17(14-9-10-14)24(31)27-25(28)32)36-21(18)13-29(26(33)34)23-15-5-1-3-7-19(15)35-20-8-4-2-6-16(20)23/h1-8,12,14,18,21-23,30H,9-11,13H2,(H,33,34)(H,27,31,32)/t18-,21+,22+/m0/s1. The lowest BCUT2D eigenvalue weighted by atomic mass is 9.93. The van der Waals surface area contributed by atoms with E-state index in [1.165, 1.54) is 15.7 Å². The van der Waals surface area contributed by atoms with Crippen LogP contribution < -0.4 is 16.0 Å². The molecule has 2 aliphatic heterocycles. The Bertz CT molecular complexity index is 1400. The molecule has 186 valence electrons. The molecule has 3 aromatic rings. The number of fused-ring (bicyclic) bond motifs is 2. The maximum atomic E-state index is 12.5. The summed E-state index contributed by atoms with van der Waals surface area (Å²) in [6, 6.07) is 13.8. The van der Waals surface area contributed by atoms with E-state index in [9.17, 15) is 24.6 Å². The predicted molar refractivity (Wildman–Crippen MR) is 127 cm³/mol. The van der Waals surface area contributed by atoms with Gasteiger partial charge in [0.25, 0.3) is 5.56 Å². The molecule has 36 heavy (non-hydrogen) atoms. The Balaban J connectivity index is 1.31. The maximum Gasteiger partial charge on any atom is 0.408 e. The molecular formula is C26H25N3O7. The summed E-state index contributed by atoms with van der Waals surface area (Å²) in [6.07, 6.45) is -0.505. The number of nitrogens with one attached hydrogen (secondary N) is 1. The van der Waals surface area contributed by atoms with E-state index in [2.05, 4.69) is 4.98 Å². The lowest BCUT2D eigenvalue weighted by molar-refractivity contribution is -0.0373. The van der Waals surface area contributed by atoms with Crippen LogP contribution >= 0.6 is 0 Å². The first-order valence-electron chi connectivity index (χ1n) is 11.9. The van der Waals surface area contributed by atoms with Crippen molar-refractivity contribution in [1.82, 2.24) is 14.5 Å². The van der Waals surface area contributed by atoms with Gasteiger partial charge in [0.15, 0.2) is 0 Å². The number of aromatic amines is 1. The molecule has 1 aliphatic carbocycles. The highest BCUT2D eigenvalue weighted by Crippen LogP contribution is 2.46. The second-order valence-electron chi connectivity index (χ2n) is 9.47. The minimum Gasteiger partial charge on any atom is -0.465 e. The quantitative estimate of drug-likeness (QED) is 0.500. The Hall–Kier alpha value is -3.89. The first-order valence-corrected chi connectivity index (χ1v) is 11.9. The van der Waals surface area contributed by atoms with Crippen molar-refractivity contribution in [3.8, 4) is 11.5 Å². The SMILES string of the molecule is O=C(O)N(C[C@H]1O[C@@H](n2cc(C3CC3)c(=O)[nH]c2=O)C[C@@H]1O)C1c2ccccc2Oc2ccccc21. The Morgan fingerprint density at radius 1 is 1.03 bits per heavy atom. The van der Waals surface area contributed by atoms with E-state index >= 15 is 0 Å². The monoisotopic (exact) mass is 491 g/mol. The number of hydrogen-bond donors (Lipinski definition) is 3. The number of benzene rings is 2. The summed E-state index contributed by atoms with van der Waals surface area (Å²) in [5, 5.41) is 21.1. The molecule has 0 bridgehead atoms. The molecule has 1 aromatic heterocycles. The Kier molecular flexibility index (Phi) is 5.42. The number of para-hydroxylation sites is 2. The van der Waals surface area contributed by atoms with Crippen molar-refractivity contribution in [3.05, 3.63) is 92.3 Å². The number of rotatable bonds is 5. The van der Waals surface area contributed by atoms with Crippen LogP contribution in [0.3, 0.4) is 0 Å². The fraction of sp³-hybridized carbons (Fsp3) is 0.346. The number of H-pyrrole nitrogens is 1. The van der Waals surface area contributed by atoms with E-state index in [4.69, 9.17) is 9.47 Å². The van der Waals surface area contributed by atoms with Crippen molar-refractivity contribution >= 4 is 6.09 Å². The fourth-order valence-corrected chi connectivity index (χ4v) is 5.16. The molecule has 10 heteroatoms. The number of carboxylic acid groups (broad SMARTS) is 1. The third-order valence-electron chi connectivity index (χ3n) is 7.11. The van der Waals surface area contributed by atoms with E-state index in [0.29, 0.717) is 28.2 Å². The van der Waals surface area contributed by atoms with Gasteiger partial charge in [-0.25, -0.2) is 9.59 Å². The second-order valence-corrected chi connectivity index (χ2v) is 9.47. The summed E-state index contributed by atoms with van der Waals surface area (Å²) < 4.78 is 13.3. The predicted octanol–water partition coefficient (Wildman–Crippen LogP) is 2.94. The number of nitrogens with zero attached hydrogens (tertiary/aromatic N) is 2. The zero-order chi connectivity index (χ0) is 25.0. The van der Waals surface area contributed by atoms with Crippen LogP contribution in [0.5, 0.6) is 11.5 Å². The Labute approximate surface area is 205 Å². The molecule has 2 fully saturated rings. The summed E-state index contributed by atoms with van der Waals surface area (Å²) in [4.78, 5) is 40.8. The van der Waals surface area contributed by atoms with E-state index in [0.717, 1.165) is 12.8 Å². The van der Waals surface area contributed by atoms with E-state index in [-0.39, 0.29) is 18.9 Å². The van der Waals surface area contributed by atoms with Gasteiger partial charge in [0.2, 0.25) is 0 Å². The molecule has 0 radical (unpaired) electrons. The highest BCUT2D eigenvalue weighted by atomic mass is 16.5. The minimum absolute atomic E-state index is 0.0924. The van der Waals surface area contributed by atoms with E-state index < -0.39 is 41.8 Å². The summed E-state index contributed by atoms with van der Waals surface area (Å²) in [5.41, 5.74) is 0.883. The van der Waals surface area contributed by atoms with Gasteiger partial charge in [0.1, 0.15) is 23.8 Å². The summed E-state index contributed by atoms with van der Waals surface area (Å²) in [5.74, 6) is 1.25. The maximum absolute atomic E-state index is 12.5. The second kappa shape index (κ2) is 8.65. The molecule has 2 aromatic carbocycles. The molecule has 10 nitrogen and oxygen atoms in total. The van der Waals surface area contributed by atoms with Crippen LogP contribution in [0.15, 0.2) is 64.3 Å².